The molecule has 1 N–H and O–H groups in total. The Morgan fingerprint density at radius 3 is 2.40 bits per heavy atom. The molecule has 0 aromatic heterocycles. The summed E-state index contributed by atoms with van der Waals surface area (Å²) in [5.41, 5.74) is 5.37. The average molecular weight is 269 g/mol. The van der Waals surface area contributed by atoms with Crippen molar-refractivity contribution in [1.82, 2.24) is 5.32 Å². The van der Waals surface area contributed by atoms with Crippen LogP contribution < -0.4 is 10.1 Å². The maximum absolute atomic E-state index is 5.19. The molecule has 0 aliphatic rings. The molecule has 0 saturated carbocycles. The van der Waals surface area contributed by atoms with E-state index in [-0.39, 0.29) is 0 Å². The summed E-state index contributed by atoms with van der Waals surface area (Å²) < 4.78 is 5.19. The Balaban J connectivity index is 2.00. The van der Waals surface area contributed by atoms with Gasteiger partial charge >= 0.3 is 0 Å². The lowest BCUT2D eigenvalue weighted by Gasteiger charge is -2.16. The van der Waals surface area contributed by atoms with Crippen LogP contribution in [0.5, 0.6) is 5.75 Å². The Morgan fingerprint density at radius 2 is 1.75 bits per heavy atom. The fraction of sp³-hybridized carbons (Fsp3) is 0.333. The maximum atomic E-state index is 5.19. The molecule has 0 bridgehead atoms. The first-order valence-electron chi connectivity index (χ1n) is 7.04. The molecular weight excluding hydrogens is 246 g/mol. The van der Waals surface area contributed by atoms with Crippen molar-refractivity contribution in [3.8, 4) is 5.75 Å². The summed E-state index contributed by atoms with van der Waals surface area (Å²) in [6, 6.07) is 15.0. The van der Waals surface area contributed by atoms with Crippen LogP contribution in [0.1, 0.15) is 35.2 Å². The van der Waals surface area contributed by atoms with Gasteiger partial charge < -0.3 is 10.1 Å². The van der Waals surface area contributed by atoms with E-state index in [0.717, 1.165) is 12.3 Å². The van der Waals surface area contributed by atoms with Crippen molar-refractivity contribution in [2.45, 2.75) is 33.4 Å². The Kier molecular flexibility index (Phi) is 4.80. The van der Waals surface area contributed by atoms with Crippen molar-refractivity contribution in [3.63, 3.8) is 0 Å². The van der Waals surface area contributed by atoms with Gasteiger partial charge in [0.05, 0.1) is 7.11 Å². The lowest BCUT2D eigenvalue weighted by molar-refractivity contribution is 0.414. The lowest BCUT2D eigenvalue weighted by atomic mass is 10.0. The van der Waals surface area contributed by atoms with Crippen LogP contribution in [0.25, 0.3) is 0 Å². The first kappa shape index (κ1) is 14.6. The van der Waals surface area contributed by atoms with Gasteiger partial charge in [0.25, 0.3) is 0 Å². The highest BCUT2D eigenvalue weighted by molar-refractivity contribution is 5.33. The van der Waals surface area contributed by atoms with E-state index in [9.17, 15) is 0 Å². The second-order valence-electron chi connectivity index (χ2n) is 5.23. The molecule has 0 amide bonds. The molecule has 2 nitrogen and oxygen atoms in total. The molecule has 2 aromatic carbocycles. The summed E-state index contributed by atoms with van der Waals surface area (Å²) in [5.74, 6) is 0.899. The third-order valence-electron chi connectivity index (χ3n) is 3.93. The van der Waals surface area contributed by atoms with Crippen molar-refractivity contribution in [2.75, 3.05) is 7.11 Å². The van der Waals surface area contributed by atoms with Crippen LogP contribution >= 0.6 is 0 Å². The van der Waals surface area contributed by atoms with E-state index in [0.29, 0.717) is 6.04 Å². The van der Waals surface area contributed by atoms with Crippen molar-refractivity contribution in [3.05, 3.63) is 64.7 Å². The van der Waals surface area contributed by atoms with Gasteiger partial charge in [0, 0.05) is 12.6 Å². The van der Waals surface area contributed by atoms with Crippen LogP contribution in [0.15, 0.2) is 42.5 Å². The predicted molar refractivity (Wildman–Crippen MR) is 84.2 cm³/mol. The fourth-order valence-electron chi connectivity index (χ4n) is 2.28. The molecule has 2 rings (SSSR count). The highest BCUT2D eigenvalue weighted by atomic mass is 16.5. The smallest absolute Gasteiger partial charge is 0.118 e. The van der Waals surface area contributed by atoms with Crippen LogP contribution in [0.4, 0.5) is 0 Å². The Labute approximate surface area is 121 Å². The summed E-state index contributed by atoms with van der Waals surface area (Å²) in [5, 5.41) is 3.58. The second-order valence-corrected chi connectivity index (χ2v) is 5.23. The molecule has 1 unspecified atom stereocenters. The Hall–Kier alpha value is -1.80. The minimum absolute atomic E-state index is 0.320. The Bertz CT molecular complexity index is 560. The van der Waals surface area contributed by atoms with Gasteiger partial charge in [-0.1, -0.05) is 30.3 Å². The first-order chi connectivity index (χ1) is 9.61. The van der Waals surface area contributed by atoms with E-state index < -0.39 is 0 Å². The number of hydrogen-bond donors (Lipinski definition) is 1. The number of methoxy groups -OCH3 is 1. The molecule has 0 radical (unpaired) electrons. The number of ether oxygens (including phenoxy) is 1. The van der Waals surface area contributed by atoms with E-state index >= 15 is 0 Å². The van der Waals surface area contributed by atoms with Gasteiger partial charge in [-0.15, -0.1) is 0 Å². The minimum atomic E-state index is 0.320. The zero-order valence-electron chi connectivity index (χ0n) is 12.7. The molecule has 1 atom stereocenters. The summed E-state index contributed by atoms with van der Waals surface area (Å²) in [7, 11) is 1.69. The third kappa shape index (κ3) is 3.40. The summed E-state index contributed by atoms with van der Waals surface area (Å²) in [6.45, 7) is 7.42. The number of hydrogen-bond acceptors (Lipinski definition) is 2. The Morgan fingerprint density at radius 1 is 1.05 bits per heavy atom. The maximum Gasteiger partial charge on any atom is 0.118 e. The standard InChI is InChI=1S/C18H23NO/c1-13-6-5-7-17(14(13)2)12-19-15(3)16-8-10-18(20-4)11-9-16/h5-11,15,19H,12H2,1-4H3. The fourth-order valence-corrected chi connectivity index (χ4v) is 2.28. The van der Waals surface area contributed by atoms with Crippen LogP contribution in [0.2, 0.25) is 0 Å². The highest BCUT2D eigenvalue weighted by Gasteiger charge is 2.06. The zero-order chi connectivity index (χ0) is 14.5. The quantitative estimate of drug-likeness (QED) is 0.880. The number of nitrogens with one attached hydrogen (secondary N) is 1. The monoisotopic (exact) mass is 269 g/mol. The molecule has 2 aromatic rings. The summed E-state index contributed by atoms with van der Waals surface area (Å²) >= 11 is 0. The zero-order valence-corrected chi connectivity index (χ0v) is 12.7. The SMILES string of the molecule is COc1ccc(C(C)NCc2cccc(C)c2C)cc1. The first-order valence-corrected chi connectivity index (χ1v) is 7.04. The molecule has 0 fully saturated rings. The van der Waals surface area contributed by atoms with E-state index in [2.05, 4.69) is 56.4 Å². The lowest BCUT2D eigenvalue weighted by Crippen LogP contribution is -2.18. The van der Waals surface area contributed by atoms with E-state index in [1.165, 1.54) is 22.3 Å². The van der Waals surface area contributed by atoms with E-state index in [1.807, 2.05) is 12.1 Å². The van der Waals surface area contributed by atoms with Gasteiger partial charge in [0.15, 0.2) is 0 Å². The molecule has 0 heterocycles. The van der Waals surface area contributed by atoms with Crippen molar-refractivity contribution in [1.29, 1.82) is 0 Å². The van der Waals surface area contributed by atoms with E-state index in [1.54, 1.807) is 7.11 Å². The van der Waals surface area contributed by atoms with Gasteiger partial charge in [-0.25, -0.2) is 0 Å². The number of benzene rings is 2. The van der Waals surface area contributed by atoms with Crippen LogP contribution in [-0.4, -0.2) is 7.11 Å². The van der Waals surface area contributed by atoms with Gasteiger partial charge in [-0.05, 0) is 55.2 Å². The van der Waals surface area contributed by atoms with Gasteiger partial charge in [0.2, 0.25) is 0 Å². The van der Waals surface area contributed by atoms with Crippen LogP contribution in [0.3, 0.4) is 0 Å². The van der Waals surface area contributed by atoms with Gasteiger partial charge in [0.1, 0.15) is 5.75 Å². The molecule has 2 heteroatoms. The van der Waals surface area contributed by atoms with Gasteiger partial charge in [-0.2, -0.15) is 0 Å². The average Bonchev–Trinajstić information content (AvgIpc) is 2.48. The van der Waals surface area contributed by atoms with E-state index in [4.69, 9.17) is 4.74 Å². The van der Waals surface area contributed by atoms with Crippen molar-refractivity contribution in [2.24, 2.45) is 0 Å². The topological polar surface area (TPSA) is 21.3 Å². The normalized spacial score (nSPS) is 12.2. The van der Waals surface area contributed by atoms with Gasteiger partial charge in [-0.3, -0.25) is 0 Å². The molecule has 0 aliphatic heterocycles. The van der Waals surface area contributed by atoms with Crippen LogP contribution in [-0.2, 0) is 6.54 Å². The molecule has 20 heavy (non-hydrogen) atoms. The molecule has 0 saturated heterocycles. The summed E-state index contributed by atoms with van der Waals surface area (Å²) in [4.78, 5) is 0. The van der Waals surface area contributed by atoms with Crippen LogP contribution in [0, 0.1) is 13.8 Å². The summed E-state index contributed by atoms with van der Waals surface area (Å²) in [6.07, 6.45) is 0. The molecule has 0 spiro atoms. The predicted octanol–water partition coefficient (Wildman–Crippen LogP) is 4.16. The van der Waals surface area contributed by atoms with Crippen molar-refractivity contribution < 1.29 is 4.74 Å². The molecule has 106 valence electrons. The second kappa shape index (κ2) is 6.58. The third-order valence-corrected chi connectivity index (χ3v) is 3.93. The minimum Gasteiger partial charge on any atom is -0.497 e. The van der Waals surface area contributed by atoms with Crippen molar-refractivity contribution >= 4 is 0 Å². The number of aryl methyl sites for hydroxylation is 1. The largest absolute Gasteiger partial charge is 0.497 e. The molecular formula is C18H23NO. The number of rotatable bonds is 5. The molecule has 0 aliphatic carbocycles. The highest BCUT2D eigenvalue weighted by Crippen LogP contribution is 2.19.